The predicted octanol–water partition coefficient (Wildman–Crippen LogP) is 2.40. The summed E-state index contributed by atoms with van der Waals surface area (Å²) in [7, 11) is 2.17. The summed E-state index contributed by atoms with van der Waals surface area (Å²) in [4.78, 5) is 17.9. The second-order valence-corrected chi connectivity index (χ2v) is 8.32. The van der Waals surface area contributed by atoms with Crippen molar-refractivity contribution in [3.05, 3.63) is 36.0 Å². The monoisotopic (exact) mass is 309 g/mol. The summed E-state index contributed by atoms with van der Waals surface area (Å²) in [5.74, 6) is 0.480. The van der Waals surface area contributed by atoms with Crippen molar-refractivity contribution in [3.63, 3.8) is 0 Å². The van der Waals surface area contributed by atoms with Gasteiger partial charge < -0.3 is 4.57 Å². The molecule has 0 spiro atoms. The van der Waals surface area contributed by atoms with Crippen LogP contribution in [0.5, 0.6) is 0 Å². The highest BCUT2D eigenvalue weighted by molar-refractivity contribution is 5.92. The number of benzene rings is 1. The Balaban J connectivity index is 1.63. The molecule has 0 radical (unpaired) electrons. The summed E-state index contributed by atoms with van der Waals surface area (Å²) in [5.41, 5.74) is 2.26. The van der Waals surface area contributed by atoms with Crippen molar-refractivity contribution in [1.82, 2.24) is 14.4 Å². The molecule has 0 amide bonds. The summed E-state index contributed by atoms with van der Waals surface area (Å²) in [6, 6.07) is 10.9. The van der Waals surface area contributed by atoms with Crippen LogP contribution in [0.1, 0.15) is 25.7 Å². The average molecular weight is 309 g/mol. The molecule has 23 heavy (non-hydrogen) atoms. The van der Waals surface area contributed by atoms with E-state index in [1.54, 1.807) is 0 Å². The molecule has 0 N–H and O–H groups in total. The van der Waals surface area contributed by atoms with E-state index in [2.05, 4.69) is 65.6 Å². The summed E-state index contributed by atoms with van der Waals surface area (Å²) in [6.07, 6.45) is 0.307. The van der Waals surface area contributed by atoms with Crippen LogP contribution in [0.2, 0.25) is 0 Å². The third-order valence-corrected chi connectivity index (χ3v) is 6.25. The molecule has 4 aliphatic rings. The molecule has 4 bridgehead atoms. The van der Waals surface area contributed by atoms with Gasteiger partial charge in [0, 0.05) is 38.7 Å². The molecule has 0 atom stereocenters. The molecule has 0 unspecified atom stereocenters. The Labute approximate surface area is 136 Å². The Morgan fingerprint density at radius 1 is 1.00 bits per heavy atom. The minimum Gasteiger partial charge on any atom is -0.345 e. The van der Waals surface area contributed by atoms with Gasteiger partial charge in [-0.25, -0.2) is 0 Å². The standard InChI is InChI=1S/C19H23N3O/c1-18-9-21-11-19(2,17(18)23)12-22(10-18)16(21)15-8-13-6-4-5-7-14(13)20(15)3/h4-8,16H,9-12H2,1-3H3. The summed E-state index contributed by atoms with van der Waals surface area (Å²) >= 11 is 0. The van der Waals surface area contributed by atoms with E-state index < -0.39 is 0 Å². The third-order valence-electron chi connectivity index (χ3n) is 6.25. The molecule has 0 aliphatic carbocycles. The predicted molar refractivity (Wildman–Crippen MR) is 90.0 cm³/mol. The molecule has 4 fully saturated rings. The van der Waals surface area contributed by atoms with Gasteiger partial charge in [-0.2, -0.15) is 0 Å². The maximum atomic E-state index is 12.8. The fourth-order valence-corrected chi connectivity index (χ4v) is 5.53. The van der Waals surface area contributed by atoms with Crippen LogP contribution in [0.4, 0.5) is 0 Å². The first-order valence-electron chi connectivity index (χ1n) is 8.49. The molecule has 4 heteroatoms. The number of piperidine rings is 2. The lowest BCUT2D eigenvalue weighted by atomic mass is 9.62. The first-order chi connectivity index (χ1) is 10.9. The van der Waals surface area contributed by atoms with E-state index in [0.29, 0.717) is 11.9 Å². The van der Waals surface area contributed by atoms with Gasteiger partial charge in [0.05, 0.1) is 16.5 Å². The zero-order valence-corrected chi connectivity index (χ0v) is 14.0. The van der Waals surface area contributed by atoms with Crippen molar-refractivity contribution < 1.29 is 4.79 Å². The molecule has 120 valence electrons. The zero-order valence-electron chi connectivity index (χ0n) is 14.0. The van der Waals surface area contributed by atoms with Gasteiger partial charge in [-0.05, 0) is 17.5 Å². The van der Waals surface area contributed by atoms with Gasteiger partial charge in [0.15, 0.2) is 0 Å². The van der Waals surface area contributed by atoms with Crippen LogP contribution in [0, 0.1) is 10.8 Å². The van der Waals surface area contributed by atoms with Crippen molar-refractivity contribution in [2.75, 3.05) is 26.2 Å². The first-order valence-corrected chi connectivity index (χ1v) is 8.49. The number of carbonyl (C=O) groups excluding carboxylic acids is 1. The van der Waals surface area contributed by atoms with Crippen LogP contribution >= 0.6 is 0 Å². The van der Waals surface area contributed by atoms with Crippen LogP contribution in [0.25, 0.3) is 10.9 Å². The van der Waals surface area contributed by atoms with Gasteiger partial charge in [-0.1, -0.05) is 32.0 Å². The van der Waals surface area contributed by atoms with Crippen molar-refractivity contribution in [1.29, 1.82) is 0 Å². The number of nitrogens with zero attached hydrogens (tertiary/aromatic N) is 3. The van der Waals surface area contributed by atoms with Crippen LogP contribution in [-0.2, 0) is 11.8 Å². The van der Waals surface area contributed by atoms with Crippen LogP contribution < -0.4 is 0 Å². The number of ketones is 1. The molecular formula is C19H23N3O. The molecule has 4 nitrogen and oxygen atoms in total. The highest BCUT2D eigenvalue weighted by Gasteiger charge is 2.62. The lowest BCUT2D eigenvalue weighted by molar-refractivity contribution is -0.197. The smallest absolute Gasteiger partial charge is 0.149 e. The third kappa shape index (κ3) is 1.60. The molecule has 1 aromatic carbocycles. The maximum absolute atomic E-state index is 12.8. The molecule has 0 saturated carbocycles. The highest BCUT2D eigenvalue weighted by atomic mass is 16.1. The van der Waals surface area contributed by atoms with E-state index in [-0.39, 0.29) is 10.8 Å². The van der Waals surface area contributed by atoms with Crippen LogP contribution in [-0.4, -0.2) is 46.3 Å². The number of fused-ring (bicyclic) bond motifs is 1. The molecule has 6 rings (SSSR count). The number of rotatable bonds is 1. The fourth-order valence-electron chi connectivity index (χ4n) is 5.53. The Morgan fingerprint density at radius 2 is 1.57 bits per heavy atom. The van der Waals surface area contributed by atoms with E-state index in [1.165, 1.54) is 16.6 Å². The SMILES string of the molecule is Cn1c(C2N3CC4(C)CN2CC(C)(C3)C4=O)cc2ccccc21. The van der Waals surface area contributed by atoms with Crippen LogP contribution in [0.15, 0.2) is 30.3 Å². The lowest BCUT2D eigenvalue weighted by Gasteiger charge is -2.64. The van der Waals surface area contributed by atoms with E-state index in [4.69, 9.17) is 0 Å². The van der Waals surface area contributed by atoms with E-state index >= 15 is 0 Å². The van der Waals surface area contributed by atoms with Gasteiger partial charge in [0.25, 0.3) is 0 Å². The van der Waals surface area contributed by atoms with Crippen molar-refractivity contribution >= 4 is 16.7 Å². The van der Waals surface area contributed by atoms with Gasteiger partial charge in [-0.3, -0.25) is 14.6 Å². The van der Waals surface area contributed by atoms with E-state index in [0.717, 1.165) is 26.2 Å². The van der Waals surface area contributed by atoms with Gasteiger partial charge in [0.2, 0.25) is 0 Å². The van der Waals surface area contributed by atoms with Gasteiger partial charge >= 0.3 is 0 Å². The Hall–Kier alpha value is -1.65. The fraction of sp³-hybridized carbons (Fsp3) is 0.526. The van der Waals surface area contributed by atoms with Gasteiger partial charge in [0.1, 0.15) is 11.9 Å². The Kier molecular flexibility index (Phi) is 2.43. The Morgan fingerprint density at radius 3 is 2.13 bits per heavy atom. The van der Waals surface area contributed by atoms with Gasteiger partial charge in [-0.15, -0.1) is 0 Å². The number of aryl methyl sites for hydroxylation is 1. The quantitative estimate of drug-likeness (QED) is 0.810. The molecule has 4 aliphatic heterocycles. The number of hydrogen-bond donors (Lipinski definition) is 0. The molecule has 5 heterocycles. The first kappa shape index (κ1) is 13.8. The molecular weight excluding hydrogens is 286 g/mol. The largest absolute Gasteiger partial charge is 0.345 e. The minimum absolute atomic E-state index is 0.188. The van der Waals surface area contributed by atoms with E-state index in [1.807, 2.05) is 0 Å². The number of Topliss-reactive ketones (excluding diaryl/α,β-unsaturated/α-hetero) is 1. The number of carbonyl (C=O) groups is 1. The maximum Gasteiger partial charge on any atom is 0.149 e. The number of para-hydroxylation sites is 1. The molecule has 4 saturated heterocycles. The van der Waals surface area contributed by atoms with Crippen LogP contribution in [0.3, 0.4) is 0 Å². The Bertz CT molecular complexity index is 796. The molecule has 1 aromatic heterocycles. The average Bonchev–Trinajstić information content (AvgIpc) is 2.81. The minimum atomic E-state index is -0.188. The second-order valence-electron chi connectivity index (χ2n) is 8.32. The zero-order chi connectivity index (χ0) is 16.0. The number of hydrogen-bond acceptors (Lipinski definition) is 3. The topological polar surface area (TPSA) is 28.5 Å². The second kappa shape index (κ2) is 4.05. The molecule has 2 aromatic rings. The summed E-state index contributed by atoms with van der Waals surface area (Å²) in [6.45, 7) is 7.88. The summed E-state index contributed by atoms with van der Waals surface area (Å²) in [5, 5.41) is 1.30. The van der Waals surface area contributed by atoms with Crippen molar-refractivity contribution in [3.8, 4) is 0 Å². The van der Waals surface area contributed by atoms with Crippen molar-refractivity contribution in [2.24, 2.45) is 17.9 Å². The lowest BCUT2D eigenvalue weighted by Crippen LogP contribution is -2.75. The normalized spacial score (nSPS) is 41.9. The highest BCUT2D eigenvalue weighted by Crippen LogP contribution is 2.52. The van der Waals surface area contributed by atoms with E-state index in [9.17, 15) is 4.79 Å². The van der Waals surface area contributed by atoms with Crippen molar-refractivity contribution in [2.45, 2.75) is 20.0 Å². The summed E-state index contributed by atoms with van der Waals surface area (Å²) < 4.78 is 2.33. The number of aromatic nitrogens is 1.